The van der Waals surface area contributed by atoms with Crippen LogP contribution >= 0.6 is 0 Å². The van der Waals surface area contributed by atoms with Gasteiger partial charge in [-0.15, -0.1) is 0 Å². The summed E-state index contributed by atoms with van der Waals surface area (Å²) >= 11 is 0. The molecular formula is C35H41N3O3. The molecule has 41 heavy (non-hydrogen) atoms. The average molecular weight is 552 g/mol. The lowest BCUT2D eigenvalue weighted by atomic mass is 9.77. The number of hydrogen-bond donors (Lipinski definition) is 0. The van der Waals surface area contributed by atoms with Gasteiger partial charge < -0.3 is 14.9 Å². The van der Waals surface area contributed by atoms with Crippen molar-refractivity contribution in [2.75, 3.05) is 31.6 Å². The third-order valence-electron chi connectivity index (χ3n) is 8.91. The second-order valence-corrected chi connectivity index (χ2v) is 12.4. The standard InChI is InChI=1S/C35H41N3O3/c1-8-18-37(19-9-2)31(39)22-38-28-17-13-11-15-26(28)35(5,6)30(38)21-24-32(40)23(33(24)41)20-29-34(3,4)25-14-10-12-16-27(25)36(29)7/h10-17,20-21H,8-9,18-19,22H2,1-7H3. The van der Waals surface area contributed by atoms with E-state index in [4.69, 9.17) is 0 Å². The highest BCUT2D eigenvalue weighted by molar-refractivity contribution is 6.24. The van der Waals surface area contributed by atoms with Gasteiger partial charge in [0.05, 0.1) is 5.41 Å². The summed E-state index contributed by atoms with van der Waals surface area (Å²) in [4.78, 5) is 30.9. The molecule has 2 aromatic rings. The minimum Gasteiger partial charge on any atom is -0.871 e. The van der Waals surface area contributed by atoms with Crippen molar-refractivity contribution in [3.63, 3.8) is 0 Å². The van der Waals surface area contributed by atoms with Crippen LogP contribution < -0.4 is 10.0 Å². The van der Waals surface area contributed by atoms with Crippen molar-refractivity contribution in [2.24, 2.45) is 0 Å². The number of carbonyl (C=O) groups excluding carboxylic acids is 2. The van der Waals surface area contributed by atoms with Crippen LogP contribution in [0, 0.1) is 0 Å². The number of hydrogen-bond acceptors (Lipinski definition) is 4. The van der Waals surface area contributed by atoms with Crippen molar-refractivity contribution in [3.8, 4) is 0 Å². The van der Waals surface area contributed by atoms with Gasteiger partial charge in [-0.3, -0.25) is 9.59 Å². The summed E-state index contributed by atoms with van der Waals surface area (Å²) in [6, 6.07) is 16.2. The van der Waals surface area contributed by atoms with Gasteiger partial charge in [0, 0.05) is 58.7 Å². The van der Waals surface area contributed by atoms with Crippen molar-refractivity contribution in [1.29, 1.82) is 0 Å². The first-order chi connectivity index (χ1) is 19.4. The number of amides is 1. The Morgan fingerprint density at radius 1 is 0.927 bits per heavy atom. The number of allylic oxidation sites excluding steroid dienone is 5. The molecule has 2 aromatic carbocycles. The van der Waals surface area contributed by atoms with Gasteiger partial charge in [-0.25, -0.2) is 0 Å². The minimum absolute atomic E-state index is 0.0476. The average Bonchev–Trinajstić information content (AvgIpc) is 3.28. The van der Waals surface area contributed by atoms with Gasteiger partial charge in [-0.2, -0.15) is 4.58 Å². The lowest BCUT2D eigenvalue weighted by molar-refractivity contribution is -0.401. The van der Waals surface area contributed by atoms with E-state index >= 15 is 0 Å². The van der Waals surface area contributed by atoms with Gasteiger partial charge in [0.15, 0.2) is 11.5 Å². The smallest absolute Gasteiger partial charge is 0.242 e. The Bertz CT molecular complexity index is 1550. The van der Waals surface area contributed by atoms with Crippen molar-refractivity contribution in [3.05, 3.63) is 94.4 Å². The van der Waals surface area contributed by atoms with E-state index in [2.05, 4.69) is 64.3 Å². The second kappa shape index (κ2) is 10.5. The first-order valence-electron chi connectivity index (χ1n) is 14.7. The molecule has 0 N–H and O–H groups in total. The third kappa shape index (κ3) is 4.54. The van der Waals surface area contributed by atoms with E-state index < -0.39 is 5.41 Å². The number of fused-ring (bicyclic) bond motifs is 2. The number of benzene rings is 2. The molecule has 1 aliphatic carbocycles. The van der Waals surface area contributed by atoms with Crippen LogP contribution in [0.4, 0.5) is 11.4 Å². The molecule has 2 aliphatic heterocycles. The lowest BCUT2D eigenvalue weighted by Gasteiger charge is -2.33. The molecule has 0 spiro atoms. The van der Waals surface area contributed by atoms with Crippen LogP contribution in [0.15, 0.2) is 83.3 Å². The highest BCUT2D eigenvalue weighted by Gasteiger charge is 2.45. The van der Waals surface area contributed by atoms with Crippen molar-refractivity contribution in [2.45, 2.75) is 65.2 Å². The SMILES string of the molecule is CCCN(CCC)C(=O)CN1/C(=C/C2=C([O-])C(=C/C3=[N+](C)c4ccccc4C3(C)C)/C2=O)C(C)(C)c2ccccc21. The predicted octanol–water partition coefficient (Wildman–Crippen LogP) is 5.15. The zero-order valence-electron chi connectivity index (χ0n) is 25.4. The first-order valence-corrected chi connectivity index (χ1v) is 14.7. The summed E-state index contributed by atoms with van der Waals surface area (Å²) in [6.45, 7) is 14.2. The van der Waals surface area contributed by atoms with E-state index in [1.54, 1.807) is 12.2 Å². The fraction of sp³-hybridized carbons (Fsp3) is 0.400. The van der Waals surface area contributed by atoms with Crippen molar-refractivity contribution in [1.82, 2.24) is 4.90 Å². The van der Waals surface area contributed by atoms with E-state index in [9.17, 15) is 14.7 Å². The van der Waals surface area contributed by atoms with Crippen LogP contribution in [0.2, 0.25) is 0 Å². The predicted molar refractivity (Wildman–Crippen MR) is 162 cm³/mol. The van der Waals surface area contributed by atoms with E-state index in [-0.39, 0.29) is 40.6 Å². The maximum Gasteiger partial charge on any atom is 0.242 e. The molecule has 0 atom stereocenters. The molecule has 0 radical (unpaired) electrons. The minimum atomic E-state index is -0.478. The van der Waals surface area contributed by atoms with E-state index in [0.717, 1.165) is 41.2 Å². The molecular weight excluding hydrogens is 510 g/mol. The van der Waals surface area contributed by atoms with Gasteiger partial charge in [0.2, 0.25) is 11.6 Å². The first kappa shape index (κ1) is 28.6. The molecule has 0 bridgehead atoms. The molecule has 5 rings (SSSR count). The molecule has 0 unspecified atom stereocenters. The number of nitrogens with zero attached hydrogens (tertiary/aromatic N) is 3. The van der Waals surface area contributed by atoms with Crippen LogP contribution in [0.25, 0.3) is 0 Å². The highest BCUT2D eigenvalue weighted by atomic mass is 16.3. The number of para-hydroxylation sites is 2. The van der Waals surface area contributed by atoms with Gasteiger partial charge in [0.1, 0.15) is 13.6 Å². The Hall–Kier alpha value is -3.93. The summed E-state index contributed by atoms with van der Waals surface area (Å²) in [5, 5.41) is 13.5. The maximum atomic E-state index is 13.5. The molecule has 1 amide bonds. The van der Waals surface area contributed by atoms with Crippen LogP contribution in [-0.2, 0) is 20.4 Å². The van der Waals surface area contributed by atoms with Crippen molar-refractivity contribution >= 4 is 28.8 Å². The zero-order chi connectivity index (χ0) is 29.7. The Kier molecular flexibility index (Phi) is 7.31. The normalized spacial score (nSPS) is 20.6. The van der Waals surface area contributed by atoms with Gasteiger partial charge in [-0.05, 0) is 44.4 Å². The fourth-order valence-electron chi connectivity index (χ4n) is 6.64. The Labute approximate surface area is 244 Å². The van der Waals surface area contributed by atoms with Gasteiger partial charge in [-0.1, -0.05) is 69.9 Å². The lowest BCUT2D eigenvalue weighted by Crippen LogP contribution is -2.41. The molecule has 6 heteroatoms. The molecule has 0 aromatic heterocycles. The van der Waals surface area contributed by atoms with E-state index in [0.29, 0.717) is 13.1 Å². The number of Topliss-reactive ketones (excluding diaryl/α,β-unsaturated/α-hetero) is 1. The van der Waals surface area contributed by atoms with E-state index in [1.165, 1.54) is 5.56 Å². The van der Waals surface area contributed by atoms with Gasteiger partial charge >= 0.3 is 0 Å². The third-order valence-corrected chi connectivity index (χ3v) is 8.91. The molecule has 2 heterocycles. The van der Waals surface area contributed by atoms with Crippen LogP contribution in [0.3, 0.4) is 0 Å². The van der Waals surface area contributed by atoms with Crippen LogP contribution in [0.1, 0.15) is 65.5 Å². The summed E-state index contributed by atoms with van der Waals surface area (Å²) in [5.41, 5.74) is 5.60. The zero-order valence-corrected chi connectivity index (χ0v) is 25.4. The Balaban J connectivity index is 1.53. The Morgan fingerprint density at radius 2 is 1.54 bits per heavy atom. The van der Waals surface area contributed by atoms with Crippen LogP contribution in [-0.4, -0.2) is 53.6 Å². The van der Waals surface area contributed by atoms with E-state index in [1.807, 2.05) is 47.2 Å². The topological polar surface area (TPSA) is 66.7 Å². The fourth-order valence-corrected chi connectivity index (χ4v) is 6.64. The molecule has 0 saturated carbocycles. The van der Waals surface area contributed by atoms with Crippen molar-refractivity contribution < 1.29 is 19.3 Å². The quantitative estimate of drug-likeness (QED) is 0.336. The number of carbonyl (C=O) groups is 2. The molecule has 0 fully saturated rings. The summed E-state index contributed by atoms with van der Waals surface area (Å²) in [5.74, 6) is -0.440. The molecule has 3 aliphatic rings. The second-order valence-electron chi connectivity index (χ2n) is 12.4. The number of anilines is 1. The molecule has 6 nitrogen and oxygen atoms in total. The summed E-state index contributed by atoms with van der Waals surface area (Å²) < 4.78 is 2.07. The number of rotatable bonds is 8. The van der Waals surface area contributed by atoms with Crippen LogP contribution in [0.5, 0.6) is 0 Å². The number of ketones is 1. The summed E-state index contributed by atoms with van der Waals surface area (Å²) in [6.07, 6.45) is 5.29. The molecule has 214 valence electrons. The molecule has 0 saturated heterocycles. The highest BCUT2D eigenvalue weighted by Crippen LogP contribution is 2.49. The largest absolute Gasteiger partial charge is 0.871 e. The monoisotopic (exact) mass is 551 g/mol. The maximum absolute atomic E-state index is 13.5. The van der Waals surface area contributed by atoms with Gasteiger partial charge in [0.25, 0.3) is 0 Å². The Morgan fingerprint density at radius 3 is 2.15 bits per heavy atom. The summed E-state index contributed by atoms with van der Waals surface area (Å²) in [7, 11) is 1.98.